The van der Waals surface area contributed by atoms with Crippen LogP contribution in [0.5, 0.6) is 0 Å². The van der Waals surface area contributed by atoms with Crippen molar-refractivity contribution in [3.05, 3.63) is 18.6 Å². The van der Waals surface area contributed by atoms with Crippen LogP contribution >= 0.6 is 0 Å². The average molecular weight is 248 g/mol. The third-order valence-electron chi connectivity index (χ3n) is 3.36. The molecule has 4 nitrogen and oxygen atoms in total. The Balaban J connectivity index is 2.02. The predicted octanol–water partition coefficient (Wildman–Crippen LogP) is 2.22. The fourth-order valence-electron chi connectivity index (χ4n) is 2.39. The number of aromatic nitrogens is 2. The van der Waals surface area contributed by atoms with Crippen LogP contribution in [0.25, 0.3) is 0 Å². The summed E-state index contributed by atoms with van der Waals surface area (Å²) in [6.45, 7) is 8.77. The molecule has 1 saturated heterocycles. The monoisotopic (exact) mass is 248 g/mol. The maximum atomic E-state index is 4.38. The van der Waals surface area contributed by atoms with Crippen LogP contribution in [0.3, 0.4) is 0 Å². The molecule has 1 atom stereocenters. The summed E-state index contributed by atoms with van der Waals surface area (Å²) in [5.41, 5.74) is 0.175. The summed E-state index contributed by atoms with van der Waals surface area (Å²) >= 11 is 0. The van der Waals surface area contributed by atoms with E-state index in [1.165, 1.54) is 19.3 Å². The molecule has 100 valence electrons. The number of anilines is 1. The van der Waals surface area contributed by atoms with E-state index in [4.69, 9.17) is 0 Å². The smallest absolute Gasteiger partial charge is 0.132 e. The van der Waals surface area contributed by atoms with Gasteiger partial charge in [-0.1, -0.05) is 0 Å². The lowest BCUT2D eigenvalue weighted by Crippen LogP contribution is -2.50. The zero-order valence-electron chi connectivity index (χ0n) is 11.7. The van der Waals surface area contributed by atoms with Gasteiger partial charge in [-0.3, -0.25) is 0 Å². The molecule has 1 aliphatic heterocycles. The third kappa shape index (κ3) is 3.67. The first kappa shape index (κ1) is 13.3. The molecule has 0 bridgehead atoms. The van der Waals surface area contributed by atoms with Gasteiger partial charge in [-0.15, -0.1) is 0 Å². The molecule has 4 heteroatoms. The molecule has 0 aliphatic carbocycles. The molecule has 1 aliphatic rings. The van der Waals surface area contributed by atoms with Crippen LogP contribution in [-0.4, -0.2) is 34.6 Å². The first-order valence-electron chi connectivity index (χ1n) is 6.84. The molecule has 2 rings (SSSR count). The van der Waals surface area contributed by atoms with Crippen molar-refractivity contribution in [1.82, 2.24) is 15.3 Å². The molecule has 1 aromatic rings. The Labute approximate surface area is 110 Å². The first-order valence-corrected chi connectivity index (χ1v) is 6.84. The molecular formula is C14H24N4. The average Bonchev–Trinajstić information content (AvgIpc) is 2.37. The van der Waals surface area contributed by atoms with Gasteiger partial charge in [-0.2, -0.15) is 0 Å². The molecule has 0 saturated carbocycles. The summed E-state index contributed by atoms with van der Waals surface area (Å²) in [5, 5.41) is 3.61. The number of rotatable bonds is 3. The van der Waals surface area contributed by atoms with Gasteiger partial charge in [-0.25, -0.2) is 9.97 Å². The summed E-state index contributed by atoms with van der Waals surface area (Å²) in [4.78, 5) is 10.8. The molecule has 0 amide bonds. The van der Waals surface area contributed by atoms with Crippen molar-refractivity contribution in [3.8, 4) is 0 Å². The van der Waals surface area contributed by atoms with Crippen molar-refractivity contribution in [2.75, 3.05) is 18.0 Å². The minimum Gasteiger partial charge on any atom is -0.352 e. The standard InChI is InChI=1S/C14H24N4/c1-14(2,3)17-10-12-6-4-5-9-18(12)13-7-8-15-11-16-13/h7-8,11-12,17H,4-6,9-10H2,1-3H3. The minimum atomic E-state index is 0.175. The van der Waals surface area contributed by atoms with E-state index in [1.807, 2.05) is 12.3 Å². The highest BCUT2D eigenvalue weighted by Crippen LogP contribution is 2.22. The lowest BCUT2D eigenvalue weighted by Gasteiger charge is -2.38. The third-order valence-corrected chi connectivity index (χ3v) is 3.36. The van der Waals surface area contributed by atoms with Crippen molar-refractivity contribution in [1.29, 1.82) is 0 Å². The number of hydrogen-bond acceptors (Lipinski definition) is 4. The number of piperidine rings is 1. The van der Waals surface area contributed by atoms with E-state index in [-0.39, 0.29) is 5.54 Å². The largest absolute Gasteiger partial charge is 0.352 e. The number of nitrogens with zero attached hydrogens (tertiary/aromatic N) is 3. The van der Waals surface area contributed by atoms with E-state index in [2.05, 4.69) is 41.0 Å². The highest BCUT2D eigenvalue weighted by atomic mass is 15.2. The number of nitrogens with one attached hydrogen (secondary N) is 1. The molecule has 0 radical (unpaired) electrons. The van der Waals surface area contributed by atoms with Crippen molar-refractivity contribution < 1.29 is 0 Å². The van der Waals surface area contributed by atoms with Crippen LogP contribution in [0, 0.1) is 0 Å². The SMILES string of the molecule is CC(C)(C)NCC1CCCCN1c1ccncn1. The maximum absolute atomic E-state index is 4.38. The van der Waals surface area contributed by atoms with E-state index in [1.54, 1.807) is 6.33 Å². The molecule has 1 aromatic heterocycles. The normalized spacial score (nSPS) is 21.1. The Kier molecular flexibility index (Phi) is 4.17. The topological polar surface area (TPSA) is 41.0 Å². The van der Waals surface area contributed by atoms with Gasteiger partial charge in [0, 0.05) is 30.9 Å². The summed E-state index contributed by atoms with van der Waals surface area (Å²) in [6.07, 6.45) is 7.28. The molecule has 2 heterocycles. The van der Waals surface area contributed by atoms with E-state index in [0.29, 0.717) is 6.04 Å². The fourth-order valence-corrected chi connectivity index (χ4v) is 2.39. The Morgan fingerprint density at radius 2 is 2.22 bits per heavy atom. The van der Waals surface area contributed by atoms with Crippen LogP contribution < -0.4 is 10.2 Å². The van der Waals surface area contributed by atoms with Gasteiger partial charge in [0.25, 0.3) is 0 Å². The Morgan fingerprint density at radius 3 is 2.89 bits per heavy atom. The van der Waals surface area contributed by atoms with Gasteiger partial charge in [0.1, 0.15) is 12.1 Å². The Morgan fingerprint density at radius 1 is 1.39 bits per heavy atom. The quantitative estimate of drug-likeness (QED) is 0.890. The van der Waals surface area contributed by atoms with E-state index in [9.17, 15) is 0 Å². The van der Waals surface area contributed by atoms with Crippen molar-refractivity contribution >= 4 is 5.82 Å². The van der Waals surface area contributed by atoms with Gasteiger partial charge >= 0.3 is 0 Å². The van der Waals surface area contributed by atoms with E-state index >= 15 is 0 Å². The van der Waals surface area contributed by atoms with Crippen LogP contribution in [0.2, 0.25) is 0 Å². The first-order chi connectivity index (χ1) is 8.56. The zero-order valence-corrected chi connectivity index (χ0v) is 11.7. The van der Waals surface area contributed by atoms with Crippen molar-refractivity contribution in [2.24, 2.45) is 0 Å². The molecule has 1 N–H and O–H groups in total. The predicted molar refractivity (Wildman–Crippen MR) is 74.8 cm³/mol. The molecule has 1 fully saturated rings. The van der Waals surface area contributed by atoms with Gasteiger partial charge < -0.3 is 10.2 Å². The zero-order chi connectivity index (χ0) is 13.0. The molecule has 0 aromatic carbocycles. The second kappa shape index (κ2) is 5.65. The molecule has 1 unspecified atom stereocenters. The molecule has 18 heavy (non-hydrogen) atoms. The second-order valence-electron chi connectivity index (χ2n) is 6.04. The van der Waals surface area contributed by atoms with Gasteiger partial charge in [0.05, 0.1) is 0 Å². The molecule has 0 spiro atoms. The minimum absolute atomic E-state index is 0.175. The molecular weight excluding hydrogens is 224 g/mol. The van der Waals surface area contributed by atoms with Gasteiger partial charge in [0.2, 0.25) is 0 Å². The van der Waals surface area contributed by atoms with Crippen LogP contribution in [0.15, 0.2) is 18.6 Å². The highest BCUT2D eigenvalue weighted by Gasteiger charge is 2.24. The highest BCUT2D eigenvalue weighted by molar-refractivity contribution is 5.38. The summed E-state index contributed by atoms with van der Waals surface area (Å²) in [5.74, 6) is 1.06. The van der Waals surface area contributed by atoms with Crippen molar-refractivity contribution in [2.45, 2.75) is 51.6 Å². The Hall–Kier alpha value is -1.16. The van der Waals surface area contributed by atoms with Crippen LogP contribution in [0.4, 0.5) is 5.82 Å². The Bertz CT molecular complexity index is 358. The van der Waals surface area contributed by atoms with Gasteiger partial charge in [-0.05, 0) is 46.1 Å². The maximum Gasteiger partial charge on any atom is 0.132 e. The lowest BCUT2D eigenvalue weighted by molar-refractivity contribution is 0.365. The van der Waals surface area contributed by atoms with Crippen LogP contribution in [-0.2, 0) is 0 Å². The summed E-state index contributed by atoms with van der Waals surface area (Å²) in [7, 11) is 0. The number of hydrogen-bond donors (Lipinski definition) is 1. The summed E-state index contributed by atoms with van der Waals surface area (Å²) < 4.78 is 0. The van der Waals surface area contributed by atoms with E-state index in [0.717, 1.165) is 18.9 Å². The second-order valence-corrected chi connectivity index (χ2v) is 6.04. The van der Waals surface area contributed by atoms with Crippen LogP contribution in [0.1, 0.15) is 40.0 Å². The fraction of sp³-hybridized carbons (Fsp3) is 0.714. The van der Waals surface area contributed by atoms with E-state index < -0.39 is 0 Å². The lowest BCUT2D eigenvalue weighted by atomic mass is 10.0. The summed E-state index contributed by atoms with van der Waals surface area (Å²) in [6, 6.07) is 2.56. The van der Waals surface area contributed by atoms with Gasteiger partial charge in [0.15, 0.2) is 0 Å². The van der Waals surface area contributed by atoms with Crippen molar-refractivity contribution in [3.63, 3.8) is 0 Å².